The van der Waals surface area contributed by atoms with Crippen LogP contribution in [-0.4, -0.2) is 73.9 Å². The van der Waals surface area contributed by atoms with Gasteiger partial charge in [-0.2, -0.15) is 5.10 Å². The van der Waals surface area contributed by atoms with Gasteiger partial charge in [-0.25, -0.2) is 0 Å². The van der Waals surface area contributed by atoms with Crippen LogP contribution in [0.5, 0.6) is 0 Å². The molecular weight excluding hydrogens is 474 g/mol. The van der Waals surface area contributed by atoms with Gasteiger partial charge in [-0.15, -0.1) is 0 Å². The number of H-pyrrole nitrogens is 1. The van der Waals surface area contributed by atoms with Gasteiger partial charge < -0.3 is 14.8 Å². The Balaban J connectivity index is 0.000000489. The number of pyridine rings is 1. The zero-order valence-corrected chi connectivity index (χ0v) is 21.0. The molecule has 2 fully saturated rings. The topological polar surface area (TPSA) is 132 Å². The zero-order valence-electron chi connectivity index (χ0n) is 21.0. The molecule has 10 heteroatoms. The maximum absolute atomic E-state index is 13.3. The van der Waals surface area contributed by atoms with E-state index in [1.54, 1.807) is 0 Å². The first-order chi connectivity index (χ1) is 18.1. The number of rotatable bonds is 4. The molecule has 2 aromatic heterocycles. The van der Waals surface area contributed by atoms with Crippen LogP contribution in [0.4, 0.5) is 0 Å². The molecule has 2 atom stereocenters. The fourth-order valence-electron chi connectivity index (χ4n) is 6.04. The van der Waals surface area contributed by atoms with E-state index in [0.29, 0.717) is 11.8 Å². The van der Waals surface area contributed by atoms with Gasteiger partial charge >= 0.3 is 0 Å². The van der Waals surface area contributed by atoms with Crippen LogP contribution in [-0.2, 0) is 29.2 Å². The third-order valence-corrected chi connectivity index (χ3v) is 7.51. The summed E-state index contributed by atoms with van der Waals surface area (Å²) in [5, 5.41) is 22.2. The average Bonchev–Trinajstić information content (AvgIpc) is 3.36. The second-order valence-corrected chi connectivity index (χ2v) is 10.0. The maximum atomic E-state index is 13.3. The van der Waals surface area contributed by atoms with Gasteiger partial charge in [0, 0.05) is 55.3 Å². The fourth-order valence-corrected chi connectivity index (χ4v) is 6.04. The van der Waals surface area contributed by atoms with Crippen LogP contribution in [0.15, 0.2) is 41.3 Å². The highest BCUT2D eigenvalue weighted by Crippen LogP contribution is 2.36. The SMILES string of the molecule is O=CO.O=CO.O=c1c(CN2CCCCC2)ccc2n1C[C@H]1C[C@@H]2CN(Cc2ccc3cn[nH]c3c2)C1. The molecule has 10 nitrogen and oxygen atoms in total. The van der Waals surface area contributed by atoms with Gasteiger partial charge in [-0.05, 0) is 56.0 Å². The van der Waals surface area contributed by atoms with Crippen molar-refractivity contribution in [1.82, 2.24) is 24.6 Å². The summed E-state index contributed by atoms with van der Waals surface area (Å²) in [4.78, 5) is 35.1. The van der Waals surface area contributed by atoms with Crippen LogP contribution >= 0.6 is 0 Å². The molecule has 3 aromatic rings. The molecule has 0 spiro atoms. The van der Waals surface area contributed by atoms with Crippen LogP contribution in [0.1, 0.15) is 48.4 Å². The Hall–Kier alpha value is -3.50. The Labute approximate surface area is 215 Å². The second kappa shape index (κ2) is 12.6. The first-order valence-electron chi connectivity index (χ1n) is 12.8. The van der Waals surface area contributed by atoms with E-state index in [0.717, 1.165) is 62.3 Å². The molecule has 3 N–H and O–H groups in total. The summed E-state index contributed by atoms with van der Waals surface area (Å²) in [5.74, 6) is 1.02. The summed E-state index contributed by atoms with van der Waals surface area (Å²) in [5.41, 5.74) is 4.92. The van der Waals surface area contributed by atoms with Crippen molar-refractivity contribution in [2.75, 3.05) is 26.2 Å². The molecule has 5 heterocycles. The monoisotopic (exact) mass is 509 g/mol. The minimum Gasteiger partial charge on any atom is -0.483 e. The number of carboxylic acid groups (broad SMARTS) is 2. The van der Waals surface area contributed by atoms with E-state index in [9.17, 15) is 4.79 Å². The smallest absolute Gasteiger partial charge is 0.290 e. The van der Waals surface area contributed by atoms with E-state index in [1.165, 1.54) is 36.9 Å². The molecular formula is C27H35N5O5. The Kier molecular flexibility index (Phi) is 9.08. The van der Waals surface area contributed by atoms with E-state index < -0.39 is 0 Å². The molecule has 2 bridgehead atoms. The lowest BCUT2D eigenvalue weighted by Gasteiger charge is -2.43. The molecule has 6 rings (SSSR count). The highest BCUT2D eigenvalue weighted by atomic mass is 16.3. The molecule has 0 aliphatic carbocycles. The molecule has 37 heavy (non-hydrogen) atoms. The van der Waals surface area contributed by atoms with Crippen molar-refractivity contribution in [3.63, 3.8) is 0 Å². The van der Waals surface area contributed by atoms with Gasteiger partial charge in [0.25, 0.3) is 18.5 Å². The summed E-state index contributed by atoms with van der Waals surface area (Å²) in [6, 6.07) is 11.0. The third kappa shape index (κ3) is 6.44. The number of nitrogens with one attached hydrogen (secondary N) is 1. The van der Waals surface area contributed by atoms with Gasteiger partial charge in [0.2, 0.25) is 0 Å². The van der Waals surface area contributed by atoms with Crippen LogP contribution < -0.4 is 5.56 Å². The van der Waals surface area contributed by atoms with E-state index in [2.05, 4.69) is 54.9 Å². The highest BCUT2D eigenvalue weighted by molar-refractivity contribution is 5.78. The molecule has 0 amide bonds. The Morgan fingerprint density at radius 1 is 0.946 bits per heavy atom. The lowest BCUT2D eigenvalue weighted by molar-refractivity contribution is -0.123. The first kappa shape index (κ1) is 26.6. The summed E-state index contributed by atoms with van der Waals surface area (Å²) in [6.07, 6.45) is 6.94. The number of aromatic nitrogens is 3. The molecule has 0 unspecified atom stereocenters. The number of benzene rings is 1. The predicted molar refractivity (Wildman–Crippen MR) is 139 cm³/mol. The number of fused-ring (bicyclic) bond motifs is 5. The van der Waals surface area contributed by atoms with Crippen molar-refractivity contribution >= 4 is 23.8 Å². The predicted octanol–water partition coefficient (Wildman–Crippen LogP) is 2.73. The largest absolute Gasteiger partial charge is 0.483 e. The van der Waals surface area contributed by atoms with Crippen molar-refractivity contribution in [3.8, 4) is 0 Å². The summed E-state index contributed by atoms with van der Waals surface area (Å²) in [6.45, 7) is 6.50. The van der Waals surface area contributed by atoms with Crippen LogP contribution in [0, 0.1) is 5.92 Å². The minimum absolute atomic E-state index is 0.250. The minimum atomic E-state index is -0.250. The van der Waals surface area contributed by atoms with Gasteiger partial charge in [-0.3, -0.25) is 29.3 Å². The van der Waals surface area contributed by atoms with Crippen LogP contribution in [0.2, 0.25) is 0 Å². The second-order valence-electron chi connectivity index (χ2n) is 10.0. The number of hydrogen-bond donors (Lipinski definition) is 3. The molecule has 3 aliphatic rings. The van der Waals surface area contributed by atoms with E-state index in [-0.39, 0.29) is 18.5 Å². The Morgan fingerprint density at radius 2 is 1.70 bits per heavy atom. The zero-order chi connectivity index (χ0) is 26.2. The first-order valence-corrected chi connectivity index (χ1v) is 12.8. The summed E-state index contributed by atoms with van der Waals surface area (Å²) >= 11 is 0. The molecule has 3 aliphatic heterocycles. The molecule has 198 valence electrons. The van der Waals surface area contributed by atoms with Gasteiger partial charge in [-0.1, -0.05) is 24.6 Å². The standard InChI is InChI=1S/C25H31N5O.2CH2O2/c31-25-21(16-28-8-2-1-3-9-28)6-7-24-22-10-19(15-30(24)25)14-29(17-22)13-18-4-5-20-12-26-27-23(20)11-18;2*2-1-3/h4-7,11-12,19,22H,1-3,8-10,13-17H2,(H,26,27);2*1H,(H,2,3)/t19-,22+;;/m0../s1. The highest BCUT2D eigenvalue weighted by Gasteiger charge is 2.35. The van der Waals surface area contributed by atoms with Crippen LogP contribution in [0.25, 0.3) is 10.9 Å². The van der Waals surface area contributed by atoms with Crippen molar-refractivity contribution in [1.29, 1.82) is 0 Å². The molecule has 1 aromatic carbocycles. The number of aromatic amines is 1. The van der Waals surface area contributed by atoms with E-state index in [1.807, 2.05) is 6.20 Å². The number of hydrogen-bond acceptors (Lipinski definition) is 6. The number of carbonyl (C=O) groups is 2. The van der Waals surface area contributed by atoms with Crippen molar-refractivity contribution < 1.29 is 19.8 Å². The van der Waals surface area contributed by atoms with Crippen molar-refractivity contribution in [2.45, 2.75) is 51.2 Å². The number of piperidine rings is 2. The van der Waals surface area contributed by atoms with Crippen molar-refractivity contribution in [3.05, 3.63) is 63.7 Å². The lowest BCUT2D eigenvalue weighted by atomic mass is 9.82. The average molecular weight is 510 g/mol. The summed E-state index contributed by atoms with van der Waals surface area (Å²) in [7, 11) is 0. The Bertz CT molecular complexity index is 1240. The van der Waals surface area contributed by atoms with Gasteiger partial charge in [0.15, 0.2) is 0 Å². The maximum Gasteiger partial charge on any atom is 0.290 e. The molecule has 0 saturated carbocycles. The molecule has 0 radical (unpaired) electrons. The van der Waals surface area contributed by atoms with E-state index >= 15 is 0 Å². The van der Waals surface area contributed by atoms with Crippen molar-refractivity contribution in [2.24, 2.45) is 5.92 Å². The van der Waals surface area contributed by atoms with Gasteiger partial charge in [0.05, 0.1) is 11.7 Å². The summed E-state index contributed by atoms with van der Waals surface area (Å²) < 4.78 is 2.12. The molecule has 2 saturated heterocycles. The van der Waals surface area contributed by atoms with E-state index in [4.69, 9.17) is 19.8 Å². The normalized spacial score (nSPS) is 21.1. The quantitative estimate of drug-likeness (QED) is 0.458. The Morgan fingerprint density at radius 3 is 2.46 bits per heavy atom. The number of likely N-dealkylation sites (tertiary alicyclic amines) is 2. The number of nitrogens with zero attached hydrogens (tertiary/aromatic N) is 4. The third-order valence-electron chi connectivity index (χ3n) is 7.51. The lowest BCUT2D eigenvalue weighted by Crippen LogP contribution is -2.47. The van der Waals surface area contributed by atoms with Gasteiger partial charge in [0.1, 0.15) is 0 Å². The van der Waals surface area contributed by atoms with Crippen LogP contribution in [0.3, 0.4) is 0 Å². The fraction of sp³-hybridized carbons (Fsp3) is 0.481.